The van der Waals surface area contributed by atoms with Crippen LogP contribution < -0.4 is 0 Å². The predicted molar refractivity (Wildman–Crippen MR) is 90.5 cm³/mol. The van der Waals surface area contributed by atoms with Gasteiger partial charge in [0.1, 0.15) is 0 Å². The summed E-state index contributed by atoms with van der Waals surface area (Å²) in [6, 6.07) is 4.79. The highest BCUT2D eigenvalue weighted by atomic mass is 32.2. The third kappa shape index (κ3) is 3.84. The molecule has 0 amide bonds. The van der Waals surface area contributed by atoms with E-state index in [4.69, 9.17) is 0 Å². The van der Waals surface area contributed by atoms with Gasteiger partial charge in [0.15, 0.2) is 9.84 Å². The molecule has 138 valence electrons. The van der Waals surface area contributed by atoms with Gasteiger partial charge in [0.2, 0.25) is 10.0 Å². The van der Waals surface area contributed by atoms with E-state index in [2.05, 4.69) is 0 Å². The molecule has 0 saturated carbocycles. The van der Waals surface area contributed by atoms with Gasteiger partial charge in [-0.1, -0.05) is 0 Å². The summed E-state index contributed by atoms with van der Waals surface area (Å²) < 4.78 is 49.8. The lowest BCUT2D eigenvalue weighted by atomic mass is 10.2. The number of sulfone groups is 1. The molecule has 0 bridgehead atoms. The van der Waals surface area contributed by atoms with Gasteiger partial charge in [-0.3, -0.25) is 15.0 Å². The summed E-state index contributed by atoms with van der Waals surface area (Å²) in [5.41, 5.74) is -0.161. The molecule has 2 aliphatic heterocycles. The Labute approximate surface area is 146 Å². The minimum atomic E-state index is -3.71. The topological polar surface area (TPSA) is 118 Å². The molecule has 0 radical (unpaired) electrons. The standard InChI is InChI=1S/C14H19N3O6S2/c18-17(19)12-1-3-14(4-2-12)25(22,23)16-8-6-15(7-9-16)13-5-10-24(20,21)11-13/h1-4,13H,5-11H2/t13-/m0/s1. The van der Waals surface area contributed by atoms with Gasteiger partial charge in [0.05, 0.1) is 21.3 Å². The first kappa shape index (κ1) is 18.2. The Bertz CT molecular complexity index is 858. The lowest BCUT2D eigenvalue weighted by Crippen LogP contribution is -2.52. The molecule has 2 fully saturated rings. The minimum absolute atomic E-state index is 0.0231. The van der Waals surface area contributed by atoms with Gasteiger partial charge in [0, 0.05) is 44.4 Å². The van der Waals surface area contributed by atoms with Crippen LogP contribution in [0, 0.1) is 10.1 Å². The van der Waals surface area contributed by atoms with Crippen LogP contribution in [0.25, 0.3) is 0 Å². The van der Waals surface area contributed by atoms with Crippen molar-refractivity contribution in [1.29, 1.82) is 0 Å². The highest BCUT2D eigenvalue weighted by Crippen LogP contribution is 2.23. The van der Waals surface area contributed by atoms with Crippen LogP contribution in [0.1, 0.15) is 6.42 Å². The fourth-order valence-corrected chi connectivity index (χ4v) is 6.45. The number of hydrogen-bond donors (Lipinski definition) is 0. The number of nitro groups is 1. The zero-order valence-electron chi connectivity index (χ0n) is 13.4. The SMILES string of the molecule is O=[N+]([O-])c1ccc(S(=O)(=O)N2CCN([C@H]3CCS(=O)(=O)C3)CC2)cc1. The zero-order valence-corrected chi connectivity index (χ0v) is 15.1. The van der Waals surface area contributed by atoms with Crippen LogP contribution in [-0.2, 0) is 19.9 Å². The third-order valence-corrected chi connectivity index (χ3v) is 8.35. The second-order valence-corrected chi connectivity index (χ2v) is 10.4. The number of benzene rings is 1. The van der Waals surface area contributed by atoms with E-state index in [1.807, 2.05) is 4.90 Å². The summed E-state index contributed by atoms with van der Waals surface area (Å²) in [6.07, 6.45) is 0.595. The summed E-state index contributed by atoms with van der Waals surface area (Å²) in [6.45, 7) is 1.50. The van der Waals surface area contributed by atoms with Crippen molar-refractivity contribution >= 4 is 25.5 Å². The second-order valence-electron chi connectivity index (χ2n) is 6.25. The van der Waals surface area contributed by atoms with Gasteiger partial charge < -0.3 is 0 Å². The van der Waals surface area contributed by atoms with Crippen molar-refractivity contribution in [2.24, 2.45) is 0 Å². The van der Waals surface area contributed by atoms with E-state index in [-0.39, 0.29) is 41.2 Å². The van der Waals surface area contributed by atoms with Crippen molar-refractivity contribution in [3.63, 3.8) is 0 Å². The Morgan fingerprint density at radius 2 is 1.68 bits per heavy atom. The Morgan fingerprint density at radius 1 is 1.08 bits per heavy atom. The molecule has 2 saturated heterocycles. The van der Waals surface area contributed by atoms with E-state index in [9.17, 15) is 26.9 Å². The van der Waals surface area contributed by atoms with E-state index in [1.54, 1.807) is 0 Å². The molecule has 1 atom stereocenters. The summed E-state index contributed by atoms with van der Waals surface area (Å²) in [5.74, 6) is 0.334. The maximum atomic E-state index is 12.6. The summed E-state index contributed by atoms with van der Waals surface area (Å²) in [5, 5.41) is 10.7. The highest BCUT2D eigenvalue weighted by molar-refractivity contribution is 7.91. The number of hydrogen-bond acceptors (Lipinski definition) is 7. The Kier molecular flexibility index (Phi) is 4.84. The number of nitro benzene ring substituents is 1. The molecule has 0 aliphatic carbocycles. The van der Waals surface area contributed by atoms with Crippen LogP contribution >= 0.6 is 0 Å². The van der Waals surface area contributed by atoms with E-state index in [0.717, 1.165) is 0 Å². The average Bonchev–Trinajstić information content (AvgIpc) is 2.95. The normalized spacial score (nSPS) is 25.0. The number of piperazine rings is 1. The van der Waals surface area contributed by atoms with Crippen LogP contribution in [0.3, 0.4) is 0 Å². The van der Waals surface area contributed by atoms with Crippen LogP contribution in [0.2, 0.25) is 0 Å². The molecule has 1 aromatic carbocycles. The van der Waals surface area contributed by atoms with Crippen molar-refractivity contribution in [3.8, 4) is 0 Å². The molecule has 9 nitrogen and oxygen atoms in total. The first-order valence-corrected chi connectivity index (χ1v) is 11.1. The van der Waals surface area contributed by atoms with Gasteiger partial charge in [0.25, 0.3) is 5.69 Å². The monoisotopic (exact) mass is 389 g/mol. The maximum Gasteiger partial charge on any atom is 0.269 e. The predicted octanol–water partition coefficient (Wildman–Crippen LogP) is 0.0882. The molecule has 3 rings (SSSR count). The summed E-state index contributed by atoms with van der Waals surface area (Å²) in [4.78, 5) is 12.1. The molecule has 2 heterocycles. The van der Waals surface area contributed by atoms with Crippen molar-refractivity contribution < 1.29 is 21.8 Å². The van der Waals surface area contributed by atoms with Crippen molar-refractivity contribution in [2.75, 3.05) is 37.7 Å². The van der Waals surface area contributed by atoms with Crippen LogP contribution in [0.15, 0.2) is 29.2 Å². The zero-order chi connectivity index (χ0) is 18.2. The molecule has 0 spiro atoms. The largest absolute Gasteiger partial charge is 0.297 e. The Hall–Kier alpha value is -1.56. The fraction of sp³-hybridized carbons (Fsp3) is 0.571. The van der Waals surface area contributed by atoms with Gasteiger partial charge >= 0.3 is 0 Å². The van der Waals surface area contributed by atoms with Crippen LogP contribution in [0.4, 0.5) is 5.69 Å². The van der Waals surface area contributed by atoms with Crippen LogP contribution in [-0.4, -0.2) is 74.7 Å². The fourth-order valence-electron chi connectivity index (χ4n) is 3.26. The van der Waals surface area contributed by atoms with Gasteiger partial charge in [-0.15, -0.1) is 0 Å². The highest BCUT2D eigenvalue weighted by Gasteiger charge is 2.36. The molecule has 0 aromatic heterocycles. The lowest BCUT2D eigenvalue weighted by Gasteiger charge is -2.36. The van der Waals surface area contributed by atoms with E-state index >= 15 is 0 Å². The lowest BCUT2D eigenvalue weighted by molar-refractivity contribution is -0.384. The van der Waals surface area contributed by atoms with E-state index < -0.39 is 24.8 Å². The van der Waals surface area contributed by atoms with Crippen molar-refractivity contribution in [3.05, 3.63) is 34.4 Å². The first-order chi connectivity index (χ1) is 11.7. The third-order valence-electron chi connectivity index (χ3n) is 4.68. The van der Waals surface area contributed by atoms with Gasteiger partial charge in [-0.05, 0) is 18.6 Å². The first-order valence-electron chi connectivity index (χ1n) is 7.88. The van der Waals surface area contributed by atoms with Crippen molar-refractivity contribution in [2.45, 2.75) is 17.4 Å². The molecule has 0 unspecified atom stereocenters. The number of rotatable bonds is 4. The van der Waals surface area contributed by atoms with E-state index in [0.29, 0.717) is 19.5 Å². The number of nitrogens with zero attached hydrogens (tertiary/aromatic N) is 3. The quantitative estimate of drug-likeness (QED) is 0.529. The Balaban J connectivity index is 1.66. The number of non-ortho nitro benzene ring substituents is 1. The van der Waals surface area contributed by atoms with Gasteiger partial charge in [-0.2, -0.15) is 4.31 Å². The van der Waals surface area contributed by atoms with Crippen LogP contribution in [0.5, 0.6) is 0 Å². The minimum Gasteiger partial charge on any atom is -0.297 e. The molecule has 1 aromatic rings. The summed E-state index contributed by atoms with van der Waals surface area (Å²) >= 11 is 0. The number of sulfonamides is 1. The molecule has 11 heteroatoms. The Morgan fingerprint density at radius 3 is 2.16 bits per heavy atom. The second kappa shape index (κ2) is 6.63. The average molecular weight is 389 g/mol. The molecule has 0 N–H and O–H groups in total. The van der Waals surface area contributed by atoms with Gasteiger partial charge in [-0.25, -0.2) is 16.8 Å². The molecular formula is C14H19N3O6S2. The van der Waals surface area contributed by atoms with E-state index in [1.165, 1.54) is 28.6 Å². The van der Waals surface area contributed by atoms with Crippen molar-refractivity contribution in [1.82, 2.24) is 9.21 Å². The maximum absolute atomic E-state index is 12.6. The molecule has 25 heavy (non-hydrogen) atoms. The smallest absolute Gasteiger partial charge is 0.269 e. The molecular weight excluding hydrogens is 370 g/mol. The summed E-state index contributed by atoms with van der Waals surface area (Å²) in [7, 11) is -6.68. The molecule has 2 aliphatic rings.